The summed E-state index contributed by atoms with van der Waals surface area (Å²) in [7, 11) is -3.52. The number of hydrogen-bond donors (Lipinski definition) is 2. The van der Waals surface area contributed by atoms with Crippen LogP contribution in [0.15, 0.2) is 17.6 Å². The maximum atomic E-state index is 11.7. The lowest BCUT2D eigenvalue weighted by molar-refractivity contribution is 0.369. The first-order valence-electron chi connectivity index (χ1n) is 5.33. The van der Waals surface area contributed by atoms with Gasteiger partial charge in [0.2, 0.25) is 0 Å². The third kappa shape index (κ3) is 5.06. The van der Waals surface area contributed by atoms with E-state index < -0.39 is 10.0 Å². The first-order valence-corrected chi connectivity index (χ1v) is 7.25. The molecule has 5 nitrogen and oxygen atoms in total. The number of imidazole rings is 1. The number of rotatable bonds is 5. The molecule has 7 heteroatoms. The molecule has 0 aliphatic heterocycles. The zero-order valence-corrected chi connectivity index (χ0v) is 11.8. The highest BCUT2D eigenvalue weighted by Gasteiger charge is 2.20. The van der Waals surface area contributed by atoms with E-state index in [1.165, 1.54) is 12.5 Å². The molecule has 2 N–H and O–H groups in total. The summed E-state index contributed by atoms with van der Waals surface area (Å²) in [6.45, 7) is 6.39. The van der Waals surface area contributed by atoms with Crippen molar-refractivity contribution in [3.05, 3.63) is 12.5 Å². The molecule has 0 amide bonds. The van der Waals surface area contributed by atoms with Gasteiger partial charge in [0.25, 0.3) is 10.0 Å². The number of nitrogens with one attached hydrogen (secondary N) is 2. The molecule has 0 spiro atoms. The number of halogens is 1. The minimum absolute atomic E-state index is 0.0529. The van der Waals surface area contributed by atoms with Gasteiger partial charge >= 0.3 is 0 Å². The van der Waals surface area contributed by atoms with Gasteiger partial charge in [0.15, 0.2) is 5.03 Å². The van der Waals surface area contributed by atoms with Crippen LogP contribution in [0.4, 0.5) is 0 Å². The van der Waals surface area contributed by atoms with Crippen molar-refractivity contribution in [3.8, 4) is 0 Å². The quantitative estimate of drug-likeness (QED) is 0.806. The molecule has 1 rings (SSSR count). The van der Waals surface area contributed by atoms with Crippen molar-refractivity contribution in [2.75, 3.05) is 6.54 Å². The Hall–Kier alpha value is -0.590. The Morgan fingerprint density at radius 2 is 2.18 bits per heavy atom. The summed E-state index contributed by atoms with van der Waals surface area (Å²) in [5.41, 5.74) is 0.0752. The lowest BCUT2D eigenvalue weighted by Gasteiger charge is -2.21. The topological polar surface area (TPSA) is 74.8 Å². The maximum Gasteiger partial charge on any atom is 0.257 e. The second-order valence-electron chi connectivity index (χ2n) is 5.13. The van der Waals surface area contributed by atoms with E-state index in [0.29, 0.717) is 0 Å². The Labute approximate surface area is 107 Å². The van der Waals surface area contributed by atoms with Crippen LogP contribution >= 0.6 is 11.6 Å². The second-order valence-corrected chi connectivity index (χ2v) is 7.48. The summed E-state index contributed by atoms with van der Waals surface area (Å²) in [6.07, 6.45) is 3.32. The highest BCUT2D eigenvalue weighted by atomic mass is 35.5. The molecule has 1 aromatic rings. The zero-order valence-electron chi connectivity index (χ0n) is 10.2. The van der Waals surface area contributed by atoms with E-state index in [9.17, 15) is 8.42 Å². The third-order valence-corrected chi connectivity index (χ3v) is 3.75. The molecule has 0 bridgehead atoms. The van der Waals surface area contributed by atoms with Gasteiger partial charge in [-0.25, -0.2) is 18.1 Å². The van der Waals surface area contributed by atoms with Gasteiger partial charge in [-0.1, -0.05) is 20.8 Å². The van der Waals surface area contributed by atoms with Crippen molar-refractivity contribution in [1.29, 1.82) is 0 Å². The number of sulfonamides is 1. The highest BCUT2D eigenvalue weighted by Crippen LogP contribution is 2.23. The van der Waals surface area contributed by atoms with Crippen LogP contribution in [0, 0.1) is 5.41 Å². The molecule has 0 aliphatic rings. The molecular formula is C10H18ClN3O2S. The first kappa shape index (κ1) is 14.5. The van der Waals surface area contributed by atoms with Gasteiger partial charge in [0.1, 0.15) is 0 Å². The molecule has 1 aromatic heterocycles. The number of aromatic nitrogens is 2. The molecule has 1 atom stereocenters. The molecule has 98 valence electrons. The normalized spacial score (nSPS) is 14.8. The van der Waals surface area contributed by atoms with Crippen LogP contribution in [0.2, 0.25) is 0 Å². The lowest BCUT2D eigenvalue weighted by Crippen LogP contribution is -2.31. The summed E-state index contributed by atoms with van der Waals surface area (Å²) in [5.74, 6) is 0. The summed E-state index contributed by atoms with van der Waals surface area (Å²) in [4.78, 5) is 6.21. The van der Waals surface area contributed by atoms with Crippen LogP contribution < -0.4 is 4.72 Å². The number of hydrogen-bond acceptors (Lipinski definition) is 3. The molecule has 0 saturated carbocycles. The smallest absolute Gasteiger partial charge is 0.257 e. The van der Waals surface area contributed by atoms with Gasteiger partial charge in [-0.3, -0.25) is 0 Å². The van der Waals surface area contributed by atoms with E-state index in [1.807, 2.05) is 0 Å². The molecule has 0 radical (unpaired) electrons. The second kappa shape index (κ2) is 5.37. The molecule has 0 aliphatic carbocycles. The number of H-pyrrole nitrogens is 1. The van der Waals surface area contributed by atoms with Crippen molar-refractivity contribution in [2.45, 2.75) is 37.6 Å². The van der Waals surface area contributed by atoms with Gasteiger partial charge in [0, 0.05) is 11.9 Å². The first-order chi connectivity index (χ1) is 7.71. The molecule has 0 fully saturated rings. The van der Waals surface area contributed by atoms with Crippen LogP contribution in [0.1, 0.15) is 27.2 Å². The molecule has 0 saturated heterocycles. The minimum Gasteiger partial charge on any atom is -0.335 e. The molecular weight excluding hydrogens is 262 g/mol. The fourth-order valence-corrected chi connectivity index (χ4v) is 3.02. The lowest BCUT2D eigenvalue weighted by atomic mass is 9.90. The monoisotopic (exact) mass is 279 g/mol. The van der Waals surface area contributed by atoms with Gasteiger partial charge < -0.3 is 4.98 Å². The van der Waals surface area contributed by atoms with Crippen LogP contribution in [0.3, 0.4) is 0 Å². The van der Waals surface area contributed by atoms with Gasteiger partial charge in [-0.15, -0.1) is 11.6 Å². The average Bonchev–Trinajstić information content (AvgIpc) is 2.65. The SMILES string of the molecule is CC(C)(C)CC(Cl)CNS(=O)(=O)c1cnc[nH]1. The minimum atomic E-state index is -3.52. The Morgan fingerprint density at radius 3 is 2.65 bits per heavy atom. The molecule has 17 heavy (non-hydrogen) atoms. The standard InChI is InChI=1S/C10H18ClN3O2S/c1-10(2,3)4-8(11)5-14-17(15,16)9-6-12-7-13-9/h6-8,14H,4-5H2,1-3H3,(H,12,13). The third-order valence-electron chi connectivity index (χ3n) is 2.09. The maximum absolute atomic E-state index is 11.7. The van der Waals surface area contributed by atoms with E-state index in [2.05, 4.69) is 35.5 Å². The fourth-order valence-electron chi connectivity index (χ4n) is 1.40. The van der Waals surface area contributed by atoms with E-state index in [-0.39, 0.29) is 22.4 Å². The van der Waals surface area contributed by atoms with Crippen molar-refractivity contribution in [2.24, 2.45) is 5.41 Å². The van der Waals surface area contributed by atoms with Gasteiger partial charge in [0.05, 0.1) is 12.5 Å². The average molecular weight is 280 g/mol. The Kier molecular flexibility index (Phi) is 4.57. The van der Waals surface area contributed by atoms with Gasteiger partial charge in [-0.2, -0.15) is 0 Å². The summed E-state index contributed by atoms with van der Waals surface area (Å²) in [6, 6.07) is 0. The summed E-state index contributed by atoms with van der Waals surface area (Å²) < 4.78 is 25.9. The zero-order chi connectivity index (χ0) is 13.1. The van der Waals surface area contributed by atoms with E-state index in [1.54, 1.807) is 0 Å². The van der Waals surface area contributed by atoms with Crippen LogP contribution in [0.25, 0.3) is 0 Å². The summed E-state index contributed by atoms with van der Waals surface area (Å²) in [5, 5.41) is -0.176. The summed E-state index contributed by atoms with van der Waals surface area (Å²) >= 11 is 6.08. The number of nitrogens with zero attached hydrogens (tertiary/aromatic N) is 1. The highest BCUT2D eigenvalue weighted by molar-refractivity contribution is 7.89. The van der Waals surface area contributed by atoms with E-state index in [0.717, 1.165) is 6.42 Å². The van der Waals surface area contributed by atoms with Crippen molar-refractivity contribution in [3.63, 3.8) is 0 Å². The van der Waals surface area contributed by atoms with E-state index >= 15 is 0 Å². The molecule has 0 aromatic carbocycles. The molecule has 1 unspecified atom stereocenters. The van der Waals surface area contributed by atoms with Crippen LogP contribution in [0.5, 0.6) is 0 Å². The van der Waals surface area contributed by atoms with Crippen molar-refractivity contribution < 1.29 is 8.42 Å². The number of alkyl halides is 1. The predicted molar refractivity (Wildman–Crippen MR) is 67.5 cm³/mol. The van der Waals surface area contributed by atoms with Crippen LogP contribution in [-0.4, -0.2) is 30.3 Å². The Bertz CT molecular complexity index is 437. The molecule has 1 heterocycles. The van der Waals surface area contributed by atoms with Crippen molar-refractivity contribution >= 4 is 21.6 Å². The largest absolute Gasteiger partial charge is 0.335 e. The predicted octanol–water partition coefficient (Wildman–Crippen LogP) is 1.73. The Morgan fingerprint density at radius 1 is 1.53 bits per heavy atom. The van der Waals surface area contributed by atoms with Crippen molar-refractivity contribution in [1.82, 2.24) is 14.7 Å². The number of aromatic amines is 1. The van der Waals surface area contributed by atoms with Gasteiger partial charge in [-0.05, 0) is 11.8 Å². The fraction of sp³-hybridized carbons (Fsp3) is 0.700. The van der Waals surface area contributed by atoms with Crippen LogP contribution in [-0.2, 0) is 10.0 Å². The Balaban J connectivity index is 2.51. The van der Waals surface area contributed by atoms with E-state index in [4.69, 9.17) is 11.6 Å².